The largest absolute Gasteiger partial charge is 0.421 e. The smallest absolute Gasteiger partial charge is 0.345 e. The number of rotatable bonds is 3. The van der Waals surface area contributed by atoms with Crippen molar-refractivity contribution < 1.29 is 9.21 Å². The third kappa shape index (κ3) is 3.85. The van der Waals surface area contributed by atoms with E-state index in [0.29, 0.717) is 21.3 Å². The second-order valence-corrected chi connectivity index (χ2v) is 6.90. The summed E-state index contributed by atoms with van der Waals surface area (Å²) >= 11 is 6.76. The van der Waals surface area contributed by atoms with Crippen LogP contribution in [-0.4, -0.2) is 16.6 Å². The zero-order valence-electron chi connectivity index (χ0n) is 12.9. The Morgan fingerprint density at radius 2 is 2.08 bits per heavy atom. The van der Waals surface area contributed by atoms with Crippen LogP contribution < -0.4 is 11.1 Å². The van der Waals surface area contributed by atoms with Crippen molar-refractivity contribution in [2.45, 2.75) is 6.92 Å². The molecule has 0 atom stereocenters. The van der Waals surface area contributed by atoms with Crippen molar-refractivity contribution in [3.8, 4) is 0 Å². The molecule has 0 unspecified atom stereocenters. The van der Waals surface area contributed by atoms with E-state index in [4.69, 9.17) is 4.42 Å². The van der Waals surface area contributed by atoms with E-state index in [2.05, 4.69) is 47.4 Å². The van der Waals surface area contributed by atoms with Crippen molar-refractivity contribution in [2.24, 2.45) is 5.10 Å². The van der Waals surface area contributed by atoms with Gasteiger partial charge in [-0.05, 0) is 53.2 Å². The first kappa shape index (κ1) is 17.5. The minimum Gasteiger partial charge on any atom is -0.421 e. The molecule has 0 aliphatic heterocycles. The fourth-order valence-electron chi connectivity index (χ4n) is 2.17. The van der Waals surface area contributed by atoms with E-state index in [9.17, 15) is 9.59 Å². The minimum absolute atomic E-state index is 0.268. The van der Waals surface area contributed by atoms with Gasteiger partial charge in [0.05, 0.1) is 21.3 Å². The first-order valence-corrected chi connectivity index (χ1v) is 8.72. The molecule has 0 saturated heterocycles. The lowest BCUT2D eigenvalue weighted by Crippen LogP contribution is -2.21. The maximum atomic E-state index is 12.2. The van der Waals surface area contributed by atoms with Crippen molar-refractivity contribution in [1.29, 1.82) is 0 Å². The molecule has 1 N–H and O–H groups in total. The zero-order valence-corrected chi connectivity index (χ0v) is 16.1. The minimum atomic E-state index is -0.535. The maximum Gasteiger partial charge on any atom is 0.345 e. The molecule has 1 aromatic carbocycles. The molecule has 1 amide bonds. The summed E-state index contributed by atoms with van der Waals surface area (Å²) in [5, 5.41) is 4.72. The zero-order chi connectivity index (χ0) is 18.0. The van der Waals surface area contributed by atoms with Crippen LogP contribution >= 0.6 is 31.9 Å². The number of halogens is 2. The normalized spacial score (nSPS) is 11.6. The summed E-state index contributed by atoms with van der Waals surface area (Å²) in [5.41, 5.74) is 3.30. The van der Waals surface area contributed by atoms with Gasteiger partial charge in [-0.2, -0.15) is 5.10 Å². The Morgan fingerprint density at radius 3 is 2.80 bits per heavy atom. The molecule has 6 nitrogen and oxygen atoms in total. The Balaban J connectivity index is 1.94. The van der Waals surface area contributed by atoms with Gasteiger partial charge in [0.1, 0.15) is 0 Å². The fraction of sp³-hybridized carbons (Fsp3) is 0.0588. The number of hydrogen-bond donors (Lipinski definition) is 1. The lowest BCUT2D eigenvalue weighted by atomic mass is 10.1. The number of amides is 1. The number of nitrogens with one attached hydrogen (secondary N) is 1. The van der Waals surface area contributed by atoms with Gasteiger partial charge in [0.2, 0.25) is 0 Å². The summed E-state index contributed by atoms with van der Waals surface area (Å²) in [6.07, 6.45) is 3.00. The van der Waals surface area contributed by atoms with Crippen LogP contribution in [0.4, 0.5) is 0 Å². The van der Waals surface area contributed by atoms with Crippen molar-refractivity contribution in [1.82, 2.24) is 10.4 Å². The third-order valence-electron chi connectivity index (χ3n) is 3.39. The standard InChI is InChI=1S/C17H11Br2N3O3/c1-9(21-22-16(23)10-3-2-4-20-8-10)13-6-11-5-12(18)7-14(19)15(11)25-17(13)24/h2-8H,1H3,(H,22,23)/b21-9+. The summed E-state index contributed by atoms with van der Waals surface area (Å²) in [6.45, 7) is 1.62. The van der Waals surface area contributed by atoms with Crippen molar-refractivity contribution in [3.63, 3.8) is 0 Å². The lowest BCUT2D eigenvalue weighted by molar-refractivity contribution is 0.0954. The van der Waals surface area contributed by atoms with E-state index in [1.54, 1.807) is 37.4 Å². The van der Waals surface area contributed by atoms with Crippen LogP contribution in [0.5, 0.6) is 0 Å². The predicted octanol–water partition coefficient (Wildman–Crippen LogP) is 3.87. The molecule has 0 aliphatic carbocycles. The molecular formula is C17H11Br2N3O3. The SMILES string of the molecule is C/C(=N\NC(=O)c1cccnc1)c1cc2cc(Br)cc(Br)c2oc1=O. The van der Waals surface area contributed by atoms with Gasteiger partial charge < -0.3 is 4.42 Å². The molecule has 8 heteroatoms. The highest BCUT2D eigenvalue weighted by molar-refractivity contribution is 9.11. The first-order valence-electron chi connectivity index (χ1n) is 7.13. The highest BCUT2D eigenvalue weighted by Gasteiger charge is 2.12. The number of fused-ring (bicyclic) bond motifs is 1. The molecular weight excluding hydrogens is 454 g/mol. The second kappa shape index (κ2) is 7.28. The summed E-state index contributed by atoms with van der Waals surface area (Å²) in [7, 11) is 0. The van der Waals surface area contributed by atoms with E-state index in [0.717, 1.165) is 9.86 Å². The second-order valence-electron chi connectivity index (χ2n) is 5.13. The van der Waals surface area contributed by atoms with Crippen LogP contribution in [0.3, 0.4) is 0 Å². The number of pyridine rings is 1. The Kier molecular flexibility index (Phi) is 5.10. The van der Waals surface area contributed by atoms with Crippen LogP contribution in [-0.2, 0) is 0 Å². The summed E-state index contributed by atoms with van der Waals surface area (Å²) in [5.74, 6) is -0.414. The predicted molar refractivity (Wildman–Crippen MR) is 102 cm³/mol. The molecule has 2 heterocycles. The molecule has 0 bridgehead atoms. The van der Waals surface area contributed by atoms with Gasteiger partial charge in [-0.15, -0.1) is 0 Å². The summed E-state index contributed by atoms with van der Waals surface area (Å²) in [6, 6.07) is 8.56. The molecule has 3 rings (SSSR count). The number of benzene rings is 1. The third-order valence-corrected chi connectivity index (χ3v) is 4.44. The van der Waals surface area contributed by atoms with Crippen LogP contribution in [0.15, 0.2) is 66.0 Å². The van der Waals surface area contributed by atoms with Crippen molar-refractivity contribution in [2.75, 3.05) is 0 Å². The maximum absolute atomic E-state index is 12.2. The number of hydrogen-bond acceptors (Lipinski definition) is 5. The molecule has 25 heavy (non-hydrogen) atoms. The van der Waals surface area contributed by atoms with Crippen LogP contribution in [0.1, 0.15) is 22.8 Å². The van der Waals surface area contributed by atoms with Gasteiger partial charge in [0, 0.05) is 22.3 Å². The van der Waals surface area contributed by atoms with Gasteiger partial charge in [-0.25, -0.2) is 10.2 Å². The Morgan fingerprint density at radius 1 is 1.28 bits per heavy atom. The fourth-order valence-corrected chi connectivity index (χ4v) is 3.51. The molecule has 0 fully saturated rings. The molecule has 126 valence electrons. The van der Waals surface area contributed by atoms with E-state index in [1.807, 2.05) is 6.07 Å². The molecule has 0 spiro atoms. The van der Waals surface area contributed by atoms with Gasteiger partial charge in [0.25, 0.3) is 5.91 Å². The monoisotopic (exact) mass is 463 g/mol. The van der Waals surface area contributed by atoms with E-state index < -0.39 is 11.5 Å². The van der Waals surface area contributed by atoms with Gasteiger partial charge >= 0.3 is 5.63 Å². The summed E-state index contributed by atoms with van der Waals surface area (Å²) < 4.78 is 6.87. The van der Waals surface area contributed by atoms with Crippen molar-refractivity contribution >= 4 is 54.4 Å². The molecule has 0 saturated carbocycles. The van der Waals surface area contributed by atoms with E-state index in [-0.39, 0.29) is 5.56 Å². The molecule has 3 aromatic rings. The average molecular weight is 465 g/mol. The first-order chi connectivity index (χ1) is 12.0. The summed E-state index contributed by atoms with van der Waals surface area (Å²) in [4.78, 5) is 28.1. The van der Waals surface area contributed by atoms with E-state index >= 15 is 0 Å². The Labute approximate surface area is 159 Å². The lowest BCUT2D eigenvalue weighted by Gasteiger charge is -2.05. The number of aromatic nitrogens is 1. The molecule has 0 aliphatic rings. The van der Waals surface area contributed by atoms with E-state index in [1.165, 1.54) is 6.20 Å². The topological polar surface area (TPSA) is 84.6 Å². The Bertz CT molecular complexity index is 1050. The Hall–Kier alpha value is -2.32. The number of carbonyl (C=O) groups excluding carboxylic acids is 1. The highest BCUT2D eigenvalue weighted by Crippen LogP contribution is 2.28. The molecule has 2 aromatic heterocycles. The quantitative estimate of drug-likeness (QED) is 0.362. The number of nitrogens with zero attached hydrogens (tertiary/aromatic N) is 2. The van der Waals surface area contributed by atoms with Gasteiger partial charge in [0.15, 0.2) is 5.58 Å². The van der Waals surface area contributed by atoms with Crippen LogP contribution in [0.25, 0.3) is 11.0 Å². The number of hydrazone groups is 1. The van der Waals surface area contributed by atoms with Gasteiger partial charge in [-0.1, -0.05) is 15.9 Å². The van der Waals surface area contributed by atoms with Crippen LogP contribution in [0.2, 0.25) is 0 Å². The van der Waals surface area contributed by atoms with Crippen molar-refractivity contribution in [3.05, 3.63) is 73.2 Å². The van der Waals surface area contributed by atoms with Gasteiger partial charge in [-0.3, -0.25) is 9.78 Å². The average Bonchev–Trinajstić information content (AvgIpc) is 2.60. The highest BCUT2D eigenvalue weighted by atomic mass is 79.9. The number of carbonyl (C=O) groups is 1. The van der Waals surface area contributed by atoms with Crippen LogP contribution in [0, 0.1) is 0 Å². The molecule has 0 radical (unpaired) electrons.